The third kappa shape index (κ3) is 3.15. The van der Waals surface area contributed by atoms with Crippen LogP contribution in [-0.4, -0.2) is 31.5 Å². The van der Waals surface area contributed by atoms with Gasteiger partial charge >= 0.3 is 0 Å². The molecule has 3 aromatic rings. The monoisotopic (exact) mass is 333 g/mol. The molecule has 0 fully saturated rings. The van der Waals surface area contributed by atoms with Gasteiger partial charge in [-0.1, -0.05) is 41.3 Å². The molecule has 0 bridgehead atoms. The molecule has 0 aliphatic rings. The number of benzene rings is 1. The average molecular weight is 333 g/mol. The van der Waals surface area contributed by atoms with Gasteiger partial charge in [0.15, 0.2) is 4.34 Å². The summed E-state index contributed by atoms with van der Waals surface area (Å²) in [6.07, 6.45) is 0. The van der Waals surface area contributed by atoms with E-state index in [0.717, 1.165) is 5.69 Å². The third-order valence-electron chi connectivity index (χ3n) is 2.71. The standard InChI is InChI=1S/C13H11N5O2S2/c1-8-11(20)18-12(16-15-8)22-13(17-18)21-7-10(19)14-9-5-3-2-4-6-9/h2-6H,7H2,1H3,(H,14,19). The van der Waals surface area contributed by atoms with Crippen molar-refractivity contribution < 1.29 is 4.79 Å². The molecule has 1 amide bonds. The minimum atomic E-state index is -0.290. The number of anilines is 1. The summed E-state index contributed by atoms with van der Waals surface area (Å²) < 4.78 is 1.81. The summed E-state index contributed by atoms with van der Waals surface area (Å²) in [6.45, 7) is 1.58. The van der Waals surface area contributed by atoms with E-state index < -0.39 is 0 Å². The van der Waals surface area contributed by atoms with Crippen LogP contribution in [0.4, 0.5) is 5.69 Å². The normalized spacial score (nSPS) is 10.8. The fraction of sp³-hybridized carbons (Fsp3) is 0.154. The molecule has 0 saturated carbocycles. The number of fused-ring (bicyclic) bond motifs is 1. The molecular weight excluding hydrogens is 322 g/mol. The summed E-state index contributed by atoms with van der Waals surface area (Å²) in [7, 11) is 0. The first-order valence-corrected chi connectivity index (χ1v) is 8.14. The summed E-state index contributed by atoms with van der Waals surface area (Å²) >= 11 is 2.49. The fourth-order valence-electron chi connectivity index (χ4n) is 1.68. The molecule has 7 nitrogen and oxygen atoms in total. The lowest BCUT2D eigenvalue weighted by Gasteiger charge is -2.02. The van der Waals surface area contributed by atoms with E-state index in [2.05, 4.69) is 20.6 Å². The minimum Gasteiger partial charge on any atom is -0.325 e. The van der Waals surface area contributed by atoms with Crippen LogP contribution in [0, 0.1) is 6.92 Å². The maximum atomic E-state index is 11.9. The first-order chi connectivity index (χ1) is 10.6. The molecule has 0 radical (unpaired) electrons. The zero-order valence-corrected chi connectivity index (χ0v) is 13.1. The quantitative estimate of drug-likeness (QED) is 0.729. The number of thioether (sulfide) groups is 1. The Labute approximate surface area is 133 Å². The Morgan fingerprint density at radius 1 is 1.32 bits per heavy atom. The molecule has 0 unspecified atom stereocenters. The van der Waals surface area contributed by atoms with Crippen LogP contribution in [0.5, 0.6) is 0 Å². The number of aryl methyl sites for hydroxylation is 1. The van der Waals surface area contributed by atoms with E-state index in [9.17, 15) is 9.59 Å². The SMILES string of the molecule is Cc1nnc2sc(SCC(=O)Nc3ccccc3)nn2c1=O. The van der Waals surface area contributed by atoms with Gasteiger partial charge < -0.3 is 5.32 Å². The summed E-state index contributed by atoms with van der Waals surface area (Å²) in [5, 5.41) is 14.6. The highest BCUT2D eigenvalue weighted by Crippen LogP contribution is 2.22. The smallest absolute Gasteiger partial charge is 0.296 e. The molecule has 0 spiro atoms. The first-order valence-electron chi connectivity index (χ1n) is 6.34. The van der Waals surface area contributed by atoms with Crippen molar-refractivity contribution in [1.82, 2.24) is 19.8 Å². The summed E-state index contributed by atoms with van der Waals surface area (Å²) in [6, 6.07) is 9.22. The molecule has 0 aliphatic heterocycles. The molecule has 0 atom stereocenters. The van der Waals surface area contributed by atoms with Crippen LogP contribution in [0.2, 0.25) is 0 Å². The predicted octanol–water partition coefficient (Wildman–Crippen LogP) is 1.59. The fourth-order valence-corrected chi connectivity index (χ4v) is 3.35. The second-order valence-corrected chi connectivity index (χ2v) is 6.53. The Morgan fingerprint density at radius 3 is 2.86 bits per heavy atom. The number of nitrogens with zero attached hydrogens (tertiary/aromatic N) is 4. The number of rotatable bonds is 4. The lowest BCUT2D eigenvalue weighted by molar-refractivity contribution is -0.113. The average Bonchev–Trinajstić information content (AvgIpc) is 2.94. The molecule has 0 aliphatic carbocycles. The van der Waals surface area contributed by atoms with E-state index in [4.69, 9.17) is 0 Å². The highest BCUT2D eigenvalue weighted by atomic mass is 32.2. The Balaban J connectivity index is 1.68. The number of aromatic nitrogens is 4. The molecular formula is C13H11N5O2S2. The number of nitrogens with one attached hydrogen (secondary N) is 1. The van der Waals surface area contributed by atoms with Gasteiger partial charge in [0.1, 0.15) is 5.69 Å². The summed E-state index contributed by atoms with van der Waals surface area (Å²) in [4.78, 5) is 24.1. The van der Waals surface area contributed by atoms with Crippen molar-refractivity contribution in [3.05, 3.63) is 46.4 Å². The number of carbonyl (C=O) groups is 1. The van der Waals surface area contributed by atoms with Crippen molar-refractivity contribution in [2.75, 3.05) is 11.1 Å². The van der Waals surface area contributed by atoms with Gasteiger partial charge in [0.05, 0.1) is 5.75 Å². The predicted molar refractivity (Wildman–Crippen MR) is 85.5 cm³/mol. The maximum Gasteiger partial charge on any atom is 0.296 e. The van der Waals surface area contributed by atoms with Gasteiger partial charge in [0.25, 0.3) is 5.56 Å². The first kappa shape index (κ1) is 14.7. The van der Waals surface area contributed by atoms with E-state index in [1.807, 2.05) is 30.3 Å². The molecule has 0 saturated heterocycles. The van der Waals surface area contributed by atoms with Gasteiger partial charge in [0, 0.05) is 5.69 Å². The van der Waals surface area contributed by atoms with E-state index in [1.54, 1.807) is 6.92 Å². The van der Waals surface area contributed by atoms with Crippen LogP contribution in [0.15, 0.2) is 39.5 Å². The number of carbonyl (C=O) groups excluding carboxylic acids is 1. The lowest BCUT2D eigenvalue weighted by atomic mass is 10.3. The molecule has 1 aromatic carbocycles. The van der Waals surface area contributed by atoms with Crippen LogP contribution in [0.3, 0.4) is 0 Å². The van der Waals surface area contributed by atoms with Crippen LogP contribution in [0.1, 0.15) is 5.69 Å². The molecule has 1 N–H and O–H groups in total. The van der Waals surface area contributed by atoms with Crippen LogP contribution in [0.25, 0.3) is 4.96 Å². The van der Waals surface area contributed by atoms with Crippen molar-refractivity contribution in [1.29, 1.82) is 0 Å². The zero-order chi connectivity index (χ0) is 15.5. The Hall–Kier alpha value is -2.26. The van der Waals surface area contributed by atoms with Crippen molar-refractivity contribution in [3.63, 3.8) is 0 Å². The molecule has 112 valence electrons. The Kier molecular flexibility index (Phi) is 4.16. The van der Waals surface area contributed by atoms with Crippen LogP contribution in [-0.2, 0) is 4.79 Å². The molecule has 2 heterocycles. The van der Waals surface area contributed by atoms with Crippen LogP contribution >= 0.6 is 23.1 Å². The van der Waals surface area contributed by atoms with E-state index >= 15 is 0 Å². The van der Waals surface area contributed by atoms with Crippen molar-refractivity contribution in [3.8, 4) is 0 Å². The van der Waals surface area contributed by atoms with E-state index in [-0.39, 0.29) is 17.2 Å². The molecule has 3 rings (SSSR count). The van der Waals surface area contributed by atoms with Gasteiger partial charge in [-0.05, 0) is 19.1 Å². The zero-order valence-electron chi connectivity index (χ0n) is 11.5. The molecule has 2 aromatic heterocycles. The maximum absolute atomic E-state index is 11.9. The lowest BCUT2D eigenvalue weighted by Crippen LogP contribution is -2.19. The number of hydrogen-bond donors (Lipinski definition) is 1. The van der Waals surface area contributed by atoms with E-state index in [0.29, 0.717) is 15.0 Å². The highest BCUT2D eigenvalue weighted by molar-refractivity contribution is 8.01. The largest absolute Gasteiger partial charge is 0.325 e. The van der Waals surface area contributed by atoms with Gasteiger partial charge in [0.2, 0.25) is 10.9 Å². The Bertz CT molecular complexity index is 875. The van der Waals surface area contributed by atoms with Crippen molar-refractivity contribution >= 4 is 39.7 Å². The van der Waals surface area contributed by atoms with Crippen molar-refractivity contribution in [2.24, 2.45) is 0 Å². The highest BCUT2D eigenvalue weighted by Gasteiger charge is 2.11. The van der Waals surface area contributed by atoms with Crippen molar-refractivity contribution in [2.45, 2.75) is 11.3 Å². The second kappa shape index (κ2) is 6.24. The summed E-state index contributed by atoms with van der Waals surface area (Å²) in [5.41, 5.74) is 0.748. The molecule has 9 heteroatoms. The second-order valence-electron chi connectivity index (χ2n) is 4.36. The Morgan fingerprint density at radius 2 is 2.09 bits per heavy atom. The van der Waals surface area contributed by atoms with Gasteiger partial charge in [-0.2, -0.15) is 4.52 Å². The topological polar surface area (TPSA) is 89.2 Å². The molecule has 22 heavy (non-hydrogen) atoms. The number of para-hydroxylation sites is 1. The summed E-state index contributed by atoms with van der Waals surface area (Å²) in [5.74, 6) is 0.0700. The number of hydrogen-bond acceptors (Lipinski definition) is 7. The number of amides is 1. The third-order valence-corrected chi connectivity index (χ3v) is 4.75. The van der Waals surface area contributed by atoms with Crippen LogP contribution < -0.4 is 10.9 Å². The minimum absolute atomic E-state index is 0.134. The van der Waals surface area contributed by atoms with Gasteiger partial charge in [-0.25, -0.2) is 0 Å². The van der Waals surface area contributed by atoms with Gasteiger partial charge in [-0.3, -0.25) is 9.59 Å². The van der Waals surface area contributed by atoms with E-state index in [1.165, 1.54) is 27.6 Å². The van der Waals surface area contributed by atoms with Gasteiger partial charge in [-0.15, -0.1) is 15.3 Å².